The van der Waals surface area contributed by atoms with E-state index in [0.717, 1.165) is 18.1 Å². The van der Waals surface area contributed by atoms with E-state index in [1.165, 1.54) is 0 Å². The molecule has 0 saturated heterocycles. The maximum Gasteiger partial charge on any atom is 0.129 e. The number of nitrogens with zero attached hydrogens (tertiary/aromatic N) is 1. The predicted molar refractivity (Wildman–Crippen MR) is 63.3 cm³/mol. The lowest BCUT2D eigenvalue weighted by Crippen LogP contribution is -2.18. The Balaban J connectivity index is 2.64. The van der Waals surface area contributed by atoms with Gasteiger partial charge >= 0.3 is 0 Å². The van der Waals surface area contributed by atoms with Gasteiger partial charge in [-0.05, 0) is 25.8 Å². The van der Waals surface area contributed by atoms with Crippen LogP contribution in [0.2, 0.25) is 0 Å². The van der Waals surface area contributed by atoms with Crippen molar-refractivity contribution in [1.29, 1.82) is 0 Å². The highest BCUT2D eigenvalue weighted by Crippen LogP contribution is 2.18. The van der Waals surface area contributed by atoms with Gasteiger partial charge < -0.3 is 10.1 Å². The summed E-state index contributed by atoms with van der Waals surface area (Å²) >= 11 is 0. The number of hydrogen-bond donors (Lipinski definition) is 1. The van der Waals surface area contributed by atoms with Crippen molar-refractivity contribution >= 4 is 5.82 Å². The van der Waals surface area contributed by atoms with Crippen molar-refractivity contribution in [1.82, 2.24) is 4.98 Å². The molecule has 0 aromatic carbocycles. The zero-order valence-electron chi connectivity index (χ0n) is 9.95. The minimum absolute atomic E-state index is 0.224. The molecule has 3 heteroatoms. The van der Waals surface area contributed by atoms with E-state index in [1.807, 2.05) is 19.1 Å². The van der Waals surface area contributed by atoms with Crippen molar-refractivity contribution < 1.29 is 4.74 Å². The van der Waals surface area contributed by atoms with E-state index >= 15 is 0 Å². The van der Waals surface area contributed by atoms with E-state index < -0.39 is 0 Å². The number of pyridine rings is 1. The Morgan fingerprint density at radius 3 is 2.73 bits per heavy atom. The van der Waals surface area contributed by atoms with Crippen LogP contribution < -0.4 is 10.1 Å². The van der Waals surface area contributed by atoms with Gasteiger partial charge in [0.05, 0.1) is 6.10 Å². The predicted octanol–water partition coefficient (Wildman–Crippen LogP) is 2.94. The minimum Gasteiger partial charge on any atom is -0.490 e. The van der Waals surface area contributed by atoms with Crippen molar-refractivity contribution in [2.75, 3.05) is 11.9 Å². The molecule has 0 aliphatic carbocycles. The molecule has 15 heavy (non-hydrogen) atoms. The molecule has 1 aromatic rings. The van der Waals surface area contributed by atoms with Gasteiger partial charge in [-0.15, -0.1) is 0 Å². The van der Waals surface area contributed by atoms with E-state index in [2.05, 4.69) is 31.1 Å². The summed E-state index contributed by atoms with van der Waals surface area (Å²) in [5.74, 6) is 2.26. The maximum atomic E-state index is 5.78. The topological polar surface area (TPSA) is 34.1 Å². The molecule has 1 aromatic heterocycles. The smallest absolute Gasteiger partial charge is 0.129 e. The van der Waals surface area contributed by atoms with Crippen LogP contribution >= 0.6 is 0 Å². The Morgan fingerprint density at radius 2 is 2.13 bits per heavy atom. The van der Waals surface area contributed by atoms with Crippen LogP contribution in [-0.2, 0) is 0 Å². The van der Waals surface area contributed by atoms with Gasteiger partial charge in [-0.3, -0.25) is 0 Å². The molecule has 0 radical (unpaired) electrons. The van der Waals surface area contributed by atoms with Gasteiger partial charge in [-0.2, -0.15) is 0 Å². The molecule has 0 amide bonds. The Morgan fingerprint density at radius 1 is 1.40 bits per heavy atom. The fourth-order valence-electron chi connectivity index (χ4n) is 1.11. The number of ether oxygens (including phenoxy) is 1. The third-order valence-electron chi connectivity index (χ3n) is 2.35. The Hall–Kier alpha value is -1.25. The highest BCUT2D eigenvalue weighted by atomic mass is 16.5. The van der Waals surface area contributed by atoms with Crippen molar-refractivity contribution in [2.45, 2.75) is 33.8 Å². The highest BCUT2D eigenvalue weighted by molar-refractivity contribution is 5.40. The zero-order chi connectivity index (χ0) is 11.3. The largest absolute Gasteiger partial charge is 0.490 e. The van der Waals surface area contributed by atoms with E-state index in [9.17, 15) is 0 Å². The fourth-order valence-corrected chi connectivity index (χ4v) is 1.11. The summed E-state index contributed by atoms with van der Waals surface area (Å²) in [6.07, 6.45) is 1.99. The van der Waals surface area contributed by atoms with Gasteiger partial charge in [0, 0.05) is 18.8 Å². The van der Waals surface area contributed by atoms with Gasteiger partial charge in [0.25, 0.3) is 0 Å². The molecule has 0 aliphatic heterocycles. The number of rotatable bonds is 5. The molecule has 0 saturated carbocycles. The molecule has 1 unspecified atom stereocenters. The molecule has 1 rings (SSSR count). The lowest BCUT2D eigenvalue weighted by Gasteiger charge is -2.18. The highest BCUT2D eigenvalue weighted by Gasteiger charge is 2.08. The molecular formula is C12H20N2O. The van der Waals surface area contributed by atoms with Gasteiger partial charge in [0.1, 0.15) is 11.6 Å². The summed E-state index contributed by atoms with van der Waals surface area (Å²) in [5.41, 5.74) is 0. The summed E-state index contributed by atoms with van der Waals surface area (Å²) in [5, 5.41) is 3.16. The lowest BCUT2D eigenvalue weighted by molar-refractivity contribution is 0.170. The number of hydrogen-bond acceptors (Lipinski definition) is 3. The Bertz CT molecular complexity index is 299. The van der Waals surface area contributed by atoms with Gasteiger partial charge in [0.2, 0.25) is 0 Å². The van der Waals surface area contributed by atoms with Crippen molar-refractivity contribution in [3.63, 3.8) is 0 Å². The molecule has 84 valence electrons. The Labute approximate surface area is 91.9 Å². The fraction of sp³-hybridized carbons (Fsp3) is 0.583. The van der Waals surface area contributed by atoms with Crippen molar-refractivity contribution in [2.24, 2.45) is 5.92 Å². The maximum absolute atomic E-state index is 5.78. The van der Waals surface area contributed by atoms with Crippen LogP contribution in [-0.4, -0.2) is 17.6 Å². The van der Waals surface area contributed by atoms with Crippen LogP contribution in [0.25, 0.3) is 0 Å². The SMILES string of the molecule is CCNc1cc(OC(C)C(C)C)ccn1. The number of aromatic nitrogens is 1. The second-order valence-electron chi connectivity index (χ2n) is 3.97. The van der Waals surface area contributed by atoms with Gasteiger partial charge in [-0.1, -0.05) is 13.8 Å². The molecule has 1 atom stereocenters. The first-order chi connectivity index (χ1) is 7.13. The summed E-state index contributed by atoms with van der Waals surface area (Å²) in [4.78, 5) is 4.19. The van der Waals surface area contributed by atoms with Crippen LogP contribution in [0.1, 0.15) is 27.7 Å². The average Bonchev–Trinajstić information content (AvgIpc) is 2.18. The first-order valence-electron chi connectivity index (χ1n) is 5.50. The van der Waals surface area contributed by atoms with Gasteiger partial charge in [-0.25, -0.2) is 4.98 Å². The van der Waals surface area contributed by atoms with Crippen molar-refractivity contribution in [3.8, 4) is 5.75 Å². The lowest BCUT2D eigenvalue weighted by atomic mass is 10.1. The molecule has 0 aliphatic rings. The third kappa shape index (κ3) is 3.78. The third-order valence-corrected chi connectivity index (χ3v) is 2.35. The van der Waals surface area contributed by atoms with Crippen LogP contribution in [0, 0.1) is 5.92 Å². The van der Waals surface area contributed by atoms with Gasteiger partial charge in [0.15, 0.2) is 0 Å². The minimum atomic E-state index is 0.224. The summed E-state index contributed by atoms with van der Waals surface area (Å²) in [7, 11) is 0. The standard InChI is InChI=1S/C12H20N2O/c1-5-13-12-8-11(6-7-14-12)15-10(4)9(2)3/h6-10H,5H2,1-4H3,(H,13,14). The van der Waals surface area contributed by atoms with Crippen molar-refractivity contribution in [3.05, 3.63) is 18.3 Å². The molecule has 3 nitrogen and oxygen atoms in total. The van der Waals surface area contributed by atoms with E-state index in [0.29, 0.717) is 5.92 Å². The van der Waals surface area contributed by atoms with E-state index in [4.69, 9.17) is 4.74 Å². The summed E-state index contributed by atoms with van der Waals surface area (Å²) < 4.78 is 5.78. The monoisotopic (exact) mass is 208 g/mol. The summed E-state index contributed by atoms with van der Waals surface area (Å²) in [6, 6.07) is 3.82. The quantitative estimate of drug-likeness (QED) is 0.807. The van der Waals surface area contributed by atoms with Crippen LogP contribution in [0.15, 0.2) is 18.3 Å². The molecule has 1 heterocycles. The van der Waals surface area contributed by atoms with E-state index in [-0.39, 0.29) is 6.10 Å². The molecule has 1 N–H and O–H groups in total. The second-order valence-corrected chi connectivity index (χ2v) is 3.97. The Kier molecular flexibility index (Phi) is 4.40. The molecule has 0 spiro atoms. The normalized spacial score (nSPS) is 12.6. The zero-order valence-corrected chi connectivity index (χ0v) is 9.95. The average molecular weight is 208 g/mol. The van der Waals surface area contributed by atoms with Crippen LogP contribution in [0.5, 0.6) is 5.75 Å². The van der Waals surface area contributed by atoms with E-state index in [1.54, 1.807) is 6.20 Å². The van der Waals surface area contributed by atoms with Crippen LogP contribution in [0.3, 0.4) is 0 Å². The number of anilines is 1. The molecule has 0 fully saturated rings. The van der Waals surface area contributed by atoms with Crippen LogP contribution in [0.4, 0.5) is 5.82 Å². The number of nitrogens with one attached hydrogen (secondary N) is 1. The molecular weight excluding hydrogens is 188 g/mol. The second kappa shape index (κ2) is 5.59. The first-order valence-corrected chi connectivity index (χ1v) is 5.50. The molecule has 0 bridgehead atoms. The first kappa shape index (κ1) is 11.8. The summed E-state index contributed by atoms with van der Waals surface area (Å²) in [6.45, 7) is 9.30.